The molecule has 2 aliphatic rings. The largest absolute Gasteiger partial charge is 0.342 e. The normalized spacial score (nSPS) is 28.3. The van der Waals surface area contributed by atoms with E-state index in [0.29, 0.717) is 17.7 Å². The summed E-state index contributed by atoms with van der Waals surface area (Å²) < 4.78 is 0. The molecule has 0 bridgehead atoms. The molecule has 4 heteroatoms. The van der Waals surface area contributed by atoms with E-state index in [1.54, 1.807) is 0 Å². The Bertz CT molecular complexity index is 261. The Hall–Kier alpha value is -0.220. The van der Waals surface area contributed by atoms with Crippen LogP contribution in [0.25, 0.3) is 0 Å². The van der Waals surface area contributed by atoms with E-state index < -0.39 is 0 Å². The van der Waals surface area contributed by atoms with Crippen molar-refractivity contribution in [3.63, 3.8) is 0 Å². The minimum atomic E-state index is 0.304. The first-order valence-corrected chi connectivity index (χ1v) is 8.54. The van der Waals surface area contributed by atoms with E-state index in [2.05, 4.69) is 17.1 Å². The highest BCUT2D eigenvalue weighted by atomic mass is 32.2. The molecular weight excluding hydrogens is 244 g/mol. The van der Waals surface area contributed by atoms with Crippen LogP contribution in [0, 0.1) is 11.8 Å². The van der Waals surface area contributed by atoms with Crippen molar-refractivity contribution in [1.82, 2.24) is 10.2 Å². The maximum absolute atomic E-state index is 12.5. The lowest BCUT2D eigenvalue weighted by Crippen LogP contribution is -2.43. The van der Waals surface area contributed by atoms with Gasteiger partial charge in [-0.1, -0.05) is 6.92 Å². The Morgan fingerprint density at radius 3 is 2.94 bits per heavy atom. The van der Waals surface area contributed by atoms with Gasteiger partial charge in [-0.2, -0.15) is 11.8 Å². The van der Waals surface area contributed by atoms with Gasteiger partial charge < -0.3 is 10.2 Å². The minimum absolute atomic E-state index is 0.304. The fourth-order valence-corrected chi connectivity index (χ4v) is 4.15. The molecule has 2 unspecified atom stereocenters. The highest BCUT2D eigenvalue weighted by Gasteiger charge is 2.28. The zero-order valence-electron chi connectivity index (χ0n) is 11.5. The summed E-state index contributed by atoms with van der Waals surface area (Å²) in [6.07, 6.45) is 4.70. The van der Waals surface area contributed by atoms with Crippen molar-refractivity contribution in [1.29, 1.82) is 0 Å². The SMILES string of the molecule is CCCN(CC1CCCNC1)C(=O)C1CCSC1. The van der Waals surface area contributed by atoms with Gasteiger partial charge in [-0.3, -0.25) is 4.79 Å². The average molecular weight is 270 g/mol. The van der Waals surface area contributed by atoms with Gasteiger partial charge in [-0.25, -0.2) is 0 Å². The number of amides is 1. The van der Waals surface area contributed by atoms with Gasteiger partial charge in [-0.05, 0) is 50.4 Å². The van der Waals surface area contributed by atoms with Crippen molar-refractivity contribution in [3.8, 4) is 0 Å². The third kappa shape index (κ3) is 3.89. The summed E-state index contributed by atoms with van der Waals surface area (Å²) in [5.74, 6) is 3.61. The highest BCUT2D eigenvalue weighted by molar-refractivity contribution is 7.99. The molecule has 3 nitrogen and oxygen atoms in total. The number of hydrogen-bond acceptors (Lipinski definition) is 3. The second-order valence-electron chi connectivity index (χ2n) is 5.56. The molecule has 1 N–H and O–H groups in total. The number of rotatable bonds is 5. The molecule has 1 amide bonds. The van der Waals surface area contributed by atoms with Crippen molar-refractivity contribution < 1.29 is 4.79 Å². The summed E-state index contributed by atoms with van der Waals surface area (Å²) >= 11 is 1.93. The number of piperidine rings is 1. The predicted molar refractivity (Wildman–Crippen MR) is 77.9 cm³/mol. The van der Waals surface area contributed by atoms with Gasteiger partial charge in [0, 0.05) is 24.8 Å². The number of hydrogen-bond donors (Lipinski definition) is 1. The molecule has 2 aliphatic heterocycles. The standard InChI is InChI=1S/C14H26N2OS/c1-2-7-16(10-12-4-3-6-15-9-12)14(17)13-5-8-18-11-13/h12-13,15H,2-11H2,1H3. The molecule has 0 radical (unpaired) electrons. The number of carbonyl (C=O) groups excluding carboxylic acids is 1. The maximum Gasteiger partial charge on any atom is 0.226 e. The molecular formula is C14H26N2OS. The summed E-state index contributed by atoms with van der Waals surface area (Å²) in [7, 11) is 0. The third-order valence-corrected chi connectivity index (χ3v) is 5.12. The van der Waals surface area contributed by atoms with E-state index in [1.807, 2.05) is 11.8 Å². The zero-order chi connectivity index (χ0) is 12.8. The van der Waals surface area contributed by atoms with Crippen LogP contribution in [0.2, 0.25) is 0 Å². The first-order chi connectivity index (χ1) is 8.81. The van der Waals surface area contributed by atoms with E-state index in [1.165, 1.54) is 18.6 Å². The van der Waals surface area contributed by atoms with Crippen molar-refractivity contribution in [2.45, 2.75) is 32.6 Å². The predicted octanol–water partition coefficient (Wildman–Crippen LogP) is 1.98. The van der Waals surface area contributed by atoms with Gasteiger partial charge in [0.2, 0.25) is 5.91 Å². The minimum Gasteiger partial charge on any atom is -0.342 e. The molecule has 2 saturated heterocycles. The molecule has 0 aliphatic carbocycles. The Labute approximate surface area is 115 Å². The lowest BCUT2D eigenvalue weighted by atomic mass is 9.98. The zero-order valence-corrected chi connectivity index (χ0v) is 12.3. The Morgan fingerprint density at radius 2 is 2.33 bits per heavy atom. The van der Waals surface area contributed by atoms with Crippen LogP contribution < -0.4 is 5.32 Å². The first-order valence-electron chi connectivity index (χ1n) is 7.38. The number of carbonyl (C=O) groups is 1. The lowest BCUT2D eigenvalue weighted by molar-refractivity contribution is -0.135. The van der Waals surface area contributed by atoms with Gasteiger partial charge >= 0.3 is 0 Å². The van der Waals surface area contributed by atoms with Crippen molar-refractivity contribution in [2.24, 2.45) is 11.8 Å². The van der Waals surface area contributed by atoms with Gasteiger partial charge in [0.15, 0.2) is 0 Å². The first kappa shape index (κ1) is 14.2. The molecule has 2 heterocycles. The quantitative estimate of drug-likeness (QED) is 0.829. The summed E-state index contributed by atoms with van der Waals surface area (Å²) in [6, 6.07) is 0. The fraction of sp³-hybridized carbons (Fsp3) is 0.929. The summed E-state index contributed by atoms with van der Waals surface area (Å²) in [5.41, 5.74) is 0. The van der Waals surface area contributed by atoms with Gasteiger partial charge in [-0.15, -0.1) is 0 Å². The van der Waals surface area contributed by atoms with Gasteiger partial charge in [0.05, 0.1) is 0 Å². The van der Waals surface area contributed by atoms with Crippen LogP contribution in [0.4, 0.5) is 0 Å². The Balaban J connectivity index is 1.87. The Morgan fingerprint density at radius 1 is 1.44 bits per heavy atom. The molecule has 104 valence electrons. The molecule has 0 aromatic rings. The second kappa shape index (κ2) is 7.39. The molecule has 0 saturated carbocycles. The maximum atomic E-state index is 12.5. The molecule has 2 fully saturated rings. The van der Waals surface area contributed by atoms with E-state index in [0.717, 1.165) is 44.8 Å². The summed E-state index contributed by atoms with van der Waals surface area (Å²) in [5, 5.41) is 3.45. The highest BCUT2D eigenvalue weighted by Crippen LogP contribution is 2.26. The summed E-state index contributed by atoms with van der Waals surface area (Å²) in [6.45, 7) is 6.32. The number of nitrogens with one attached hydrogen (secondary N) is 1. The lowest BCUT2D eigenvalue weighted by Gasteiger charge is -2.31. The van der Waals surface area contributed by atoms with Crippen LogP contribution in [-0.2, 0) is 4.79 Å². The summed E-state index contributed by atoms with van der Waals surface area (Å²) in [4.78, 5) is 14.6. The van der Waals surface area contributed by atoms with Crippen molar-refractivity contribution in [2.75, 3.05) is 37.7 Å². The molecule has 0 aromatic heterocycles. The van der Waals surface area contributed by atoms with Crippen LogP contribution in [0.15, 0.2) is 0 Å². The number of thioether (sulfide) groups is 1. The fourth-order valence-electron chi connectivity index (χ4n) is 2.94. The van der Waals surface area contributed by atoms with E-state index in [4.69, 9.17) is 0 Å². The van der Waals surface area contributed by atoms with E-state index >= 15 is 0 Å². The molecule has 0 aromatic carbocycles. The third-order valence-electron chi connectivity index (χ3n) is 3.96. The van der Waals surface area contributed by atoms with Crippen LogP contribution >= 0.6 is 11.8 Å². The van der Waals surface area contributed by atoms with Crippen LogP contribution in [-0.4, -0.2) is 48.5 Å². The van der Waals surface area contributed by atoms with Gasteiger partial charge in [0.25, 0.3) is 0 Å². The van der Waals surface area contributed by atoms with Crippen LogP contribution in [0.5, 0.6) is 0 Å². The topological polar surface area (TPSA) is 32.3 Å². The molecule has 2 rings (SSSR count). The van der Waals surface area contributed by atoms with E-state index in [-0.39, 0.29) is 0 Å². The van der Waals surface area contributed by atoms with E-state index in [9.17, 15) is 4.79 Å². The van der Waals surface area contributed by atoms with Crippen molar-refractivity contribution in [3.05, 3.63) is 0 Å². The molecule has 18 heavy (non-hydrogen) atoms. The monoisotopic (exact) mass is 270 g/mol. The second-order valence-corrected chi connectivity index (χ2v) is 6.71. The number of nitrogens with zero attached hydrogens (tertiary/aromatic N) is 1. The van der Waals surface area contributed by atoms with Crippen LogP contribution in [0.3, 0.4) is 0 Å². The smallest absolute Gasteiger partial charge is 0.226 e. The van der Waals surface area contributed by atoms with Gasteiger partial charge in [0.1, 0.15) is 0 Å². The Kier molecular flexibility index (Phi) is 5.83. The molecule has 2 atom stereocenters. The van der Waals surface area contributed by atoms with Crippen molar-refractivity contribution >= 4 is 17.7 Å². The molecule has 0 spiro atoms. The van der Waals surface area contributed by atoms with Crippen LogP contribution in [0.1, 0.15) is 32.6 Å². The average Bonchev–Trinajstić information content (AvgIpc) is 2.92.